The van der Waals surface area contributed by atoms with Crippen LogP contribution in [0.5, 0.6) is 0 Å². The molecule has 90 valence electrons. The second kappa shape index (κ2) is 4.98. The predicted octanol–water partition coefficient (Wildman–Crippen LogP) is 2.89. The zero-order chi connectivity index (χ0) is 12.4. The van der Waals surface area contributed by atoms with Crippen LogP contribution >= 0.6 is 15.9 Å². The number of hydrogen-bond acceptors (Lipinski definition) is 2. The van der Waals surface area contributed by atoms with Crippen molar-refractivity contribution in [3.8, 4) is 0 Å². The molecule has 17 heavy (non-hydrogen) atoms. The van der Waals surface area contributed by atoms with Gasteiger partial charge in [-0.2, -0.15) is 5.10 Å². The first-order valence-electron chi connectivity index (χ1n) is 5.28. The van der Waals surface area contributed by atoms with Gasteiger partial charge in [-0.15, -0.1) is 0 Å². The molecule has 1 aromatic carbocycles. The minimum atomic E-state index is -1.00. The first-order valence-corrected chi connectivity index (χ1v) is 6.08. The van der Waals surface area contributed by atoms with Gasteiger partial charge in [-0.1, -0.05) is 12.1 Å². The number of aryl methyl sites for hydroxylation is 1. The molecule has 1 unspecified atom stereocenters. The molecule has 0 aliphatic rings. The summed E-state index contributed by atoms with van der Waals surface area (Å²) in [5.74, 6) is -0.441. The van der Waals surface area contributed by atoms with E-state index < -0.39 is 11.9 Å². The average molecular weight is 299 g/mol. The highest BCUT2D eigenvalue weighted by Crippen LogP contribution is 2.27. The van der Waals surface area contributed by atoms with Crippen molar-refractivity contribution in [2.45, 2.75) is 19.6 Å². The summed E-state index contributed by atoms with van der Waals surface area (Å²) in [6.07, 6.45) is 0.591. The molecule has 1 N–H and O–H groups in total. The SMILES string of the molecule is CCn1nccc1C(O)c1cccc(Br)c1F. The van der Waals surface area contributed by atoms with Crippen LogP contribution in [0.15, 0.2) is 34.9 Å². The summed E-state index contributed by atoms with van der Waals surface area (Å²) >= 11 is 3.10. The number of nitrogens with zero attached hydrogens (tertiary/aromatic N) is 2. The number of aliphatic hydroxyl groups excluding tert-OH is 1. The highest BCUT2D eigenvalue weighted by Gasteiger charge is 2.19. The highest BCUT2D eigenvalue weighted by molar-refractivity contribution is 9.10. The third-order valence-electron chi connectivity index (χ3n) is 2.61. The summed E-state index contributed by atoms with van der Waals surface area (Å²) in [6, 6.07) is 6.55. The molecule has 0 fully saturated rings. The van der Waals surface area contributed by atoms with Crippen molar-refractivity contribution in [1.29, 1.82) is 0 Å². The largest absolute Gasteiger partial charge is 0.382 e. The smallest absolute Gasteiger partial charge is 0.143 e. The van der Waals surface area contributed by atoms with E-state index in [9.17, 15) is 9.50 Å². The van der Waals surface area contributed by atoms with Crippen LogP contribution in [0.1, 0.15) is 24.3 Å². The fraction of sp³-hybridized carbons (Fsp3) is 0.250. The molecule has 1 heterocycles. The van der Waals surface area contributed by atoms with E-state index in [-0.39, 0.29) is 5.56 Å². The average Bonchev–Trinajstić information content (AvgIpc) is 2.80. The van der Waals surface area contributed by atoms with Gasteiger partial charge in [-0.05, 0) is 35.0 Å². The van der Waals surface area contributed by atoms with Crippen molar-refractivity contribution in [2.24, 2.45) is 0 Å². The van der Waals surface area contributed by atoms with E-state index in [0.29, 0.717) is 16.7 Å². The van der Waals surface area contributed by atoms with Crippen LogP contribution in [0.25, 0.3) is 0 Å². The number of hydrogen-bond donors (Lipinski definition) is 1. The molecule has 5 heteroatoms. The Morgan fingerprint density at radius 1 is 1.47 bits per heavy atom. The van der Waals surface area contributed by atoms with E-state index in [0.717, 1.165) is 0 Å². The number of aromatic nitrogens is 2. The van der Waals surface area contributed by atoms with Crippen LogP contribution in [0.2, 0.25) is 0 Å². The molecule has 0 radical (unpaired) electrons. The number of rotatable bonds is 3. The summed E-state index contributed by atoms with van der Waals surface area (Å²) in [5.41, 5.74) is 0.832. The van der Waals surface area contributed by atoms with Gasteiger partial charge in [0.05, 0.1) is 10.2 Å². The molecule has 0 amide bonds. The number of benzene rings is 1. The molecule has 0 saturated heterocycles. The van der Waals surface area contributed by atoms with Crippen LogP contribution in [-0.2, 0) is 6.54 Å². The Labute approximate surface area is 107 Å². The summed E-state index contributed by atoms with van der Waals surface area (Å²) < 4.78 is 15.8. The summed E-state index contributed by atoms with van der Waals surface area (Å²) in [7, 11) is 0. The Kier molecular flexibility index (Phi) is 3.59. The molecule has 0 aliphatic heterocycles. The van der Waals surface area contributed by atoms with Gasteiger partial charge in [0.2, 0.25) is 0 Å². The van der Waals surface area contributed by atoms with Crippen LogP contribution < -0.4 is 0 Å². The van der Waals surface area contributed by atoms with E-state index in [1.165, 1.54) is 0 Å². The maximum atomic E-state index is 13.8. The van der Waals surface area contributed by atoms with Gasteiger partial charge >= 0.3 is 0 Å². The lowest BCUT2D eigenvalue weighted by molar-refractivity contribution is 0.203. The van der Waals surface area contributed by atoms with Crippen LogP contribution in [0.4, 0.5) is 4.39 Å². The Bertz CT molecular complexity index is 527. The Hall–Kier alpha value is -1.20. The highest BCUT2D eigenvalue weighted by atomic mass is 79.9. The first kappa shape index (κ1) is 12.3. The Balaban J connectivity index is 2.44. The van der Waals surface area contributed by atoms with Crippen LogP contribution in [0, 0.1) is 5.82 Å². The van der Waals surface area contributed by atoms with E-state index in [4.69, 9.17) is 0 Å². The minimum absolute atomic E-state index is 0.245. The van der Waals surface area contributed by atoms with Gasteiger partial charge in [0.1, 0.15) is 11.9 Å². The zero-order valence-electron chi connectivity index (χ0n) is 9.27. The molecule has 2 rings (SSSR count). The lowest BCUT2D eigenvalue weighted by Gasteiger charge is -2.14. The van der Waals surface area contributed by atoms with Crippen molar-refractivity contribution in [2.75, 3.05) is 0 Å². The van der Waals surface area contributed by atoms with E-state index in [2.05, 4.69) is 21.0 Å². The quantitative estimate of drug-likeness (QED) is 0.946. The van der Waals surface area contributed by atoms with Crippen molar-refractivity contribution in [3.63, 3.8) is 0 Å². The van der Waals surface area contributed by atoms with Crippen LogP contribution in [-0.4, -0.2) is 14.9 Å². The van der Waals surface area contributed by atoms with Crippen molar-refractivity contribution < 1.29 is 9.50 Å². The molecule has 1 aromatic heterocycles. The van der Waals surface area contributed by atoms with Crippen molar-refractivity contribution in [1.82, 2.24) is 9.78 Å². The molecule has 2 aromatic rings. The lowest BCUT2D eigenvalue weighted by Crippen LogP contribution is -2.10. The Morgan fingerprint density at radius 3 is 2.94 bits per heavy atom. The first-order chi connectivity index (χ1) is 8.15. The van der Waals surface area contributed by atoms with E-state index >= 15 is 0 Å². The number of halogens is 2. The van der Waals surface area contributed by atoms with Gasteiger partial charge in [-0.25, -0.2) is 4.39 Å². The summed E-state index contributed by atoms with van der Waals surface area (Å²) in [6.45, 7) is 2.55. The maximum Gasteiger partial charge on any atom is 0.143 e. The third-order valence-corrected chi connectivity index (χ3v) is 3.22. The number of aliphatic hydroxyl groups is 1. The van der Waals surface area contributed by atoms with Crippen molar-refractivity contribution >= 4 is 15.9 Å². The fourth-order valence-corrected chi connectivity index (χ4v) is 2.11. The van der Waals surface area contributed by atoms with Gasteiger partial charge < -0.3 is 5.11 Å². The molecular formula is C12H12BrFN2O. The van der Waals surface area contributed by atoms with Gasteiger partial charge in [0.25, 0.3) is 0 Å². The lowest BCUT2D eigenvalue weighted by atomic mass is 10.1. The predicted molar refractivity (Wildman–Crippen MR) is 66.1 cm³/mol. The molecule has 0 spiro atoms. The van der Waals surface area contributed by atoms with Gasteiger partial charge in [-0.3, -0.25) is 4.68 Å². The van der Waals surface area contributed by atoms with Gasteiger partial charge in [0.15, 0.2) is 0 Å². The molecule has 0 bridgehead atoms. The molecule has 1 atom stereocenters. The van der Waals surface area contributed by atoms with Gasteiger partial charge in [0, 0.05) is 18.3 Å². The summed E-state index contributed by atoms with van der Waals surface area (Å²) in [4.78, 5) is 0. The fourth-order valence-electron chi connectivity index (χ4n) is 1.73. The van der Waals surface area contributed by atoms with Crippen LogP contribution in [0.3, 0.4) is 0 Å². The standard InChI is InChI=1S/C12H12BrFN2O/c1-2-16-10(6-7-15-16)12(17)8-4-3-5-9(13)11(8)14/h3-7,12,17H,2H2,1H3. The third kappa shape index (κ3) is 2.25. The van der Waals surface area contributed by atoms with Crippen molar-refractivity contribution in [3.05, 3.63) is 52.0 Å². The second-order valence-electron chi connectivity index (χ2n) is 3.62. The normalized spacial score (nSPS) is 12.7. The molecule has 0 saturated carbocycles. The second-order valence-corrected chi connectivity index (χ2v) is 4.47. The topological polar surface area (TPSA) is 38.0 Å². The monoisotopic (exact) mass is 298 g/mol. The molecule has 3 nitrogen and oxygen atoms in total. The summed E-state index contributed by atoms with van der Waals surface area (Å²) in [5, 5.41) is 14.2. The Morgan fingerprint density at radius 2 is 2.24 bits per heavy atom. The van der Waals surface area contributed by atoms with E-state index in [1.807, 2.05) is 6.92 Å². The zero-order valence-corrected chi connectivity index (χ0v) is 10.9. The van der Waals surface area contributed by atoms with E-state index in [1.54, 1.807) is 35.1 Å². The molecular weight excluding hydrogens is 287 g/mol. The maximum absolute atomic E-state index is 13.8. The minimum Gasteiger partial charge on any atom is -0.382 e. The molecule has 0 aliphatic carbocycles.